The summed E-state index contributed by atoms with van der Waals surface area (Å²) in [5, 5.41) is 2.85. The summed E-state index contributed by atoms with van der Waals surface area (Å²) in [5.41, 5.74) is 5.10. The molecule has 65 valence electrons. The van der Waals surface area contributed by atoms with Gasteiger partial charge in [-0.3, -0.25) is 4.79 Å². The number of hydrogen-bond donors (Lipinski definition) is 1. The van der Waals surface area contributed by atoms with Gasteiger partial charge in [0.15, 0.2) is 0 Å². The van der Waals surface area contributed by atoms with E-state index in [1.807, 2.05) is 18.7 Å². The van der Waals surface area contributed by atoms with Crippen molar-refractivity contribution >= 4 is 17.2 Å². The van der Waals surface area contributed by atoms with Crippen molar-refractivity contribution in [3.63, 3.8) is 0 Å². The predicted molar refractivity (Wildman–Crippen MR) is 48.5 cm³/mol. The van der Waals surface area contributed by atoms with Gasteiger partial charge in [-0.15, -0.1) is 11.3 Å². The van der Waals surface area contributed by atoms with Crippen LogP contribution < -0.4 is 5.73 Å². The Morgan fingerprint density at radius 3 is 3.17 bits per heavy atom. The fraction of sp³-hybridized carbons (Fsp3) is 0.375. The van der Waals surface area contributed by atoms with E-state index in [1.54, 1.807) is 17.5 Å². The number of nitrogens with zero attached hydrogens (tertiary/aromatic N) is 1. The lowest BCUT2D eigenvalue weighted by Gasteiger charge is -2.03. The second kappa shape index (κ2) is 4.21. The number of carbonyl (C=O) groups is 1. The molecule has 0 saturated heterocycles. The van der Waals surface area contributed by atoms with Crippen molar-refractivity contribution < 1.29 is 4.79 Å². The number of primary amides is 1. The van der Waals surface area contributed by atoms with Gasteiger partial charge in [-0.05, 0) is 6.42 Å². The maximum absolute atomic E-state index is 10.6. The minimum Gasteiger partial charge on any atom is -0.369 e. The van der Waals surface area contributed by atoms with Crippen LogP contribution in [0.15, 0.2) is 11.6 Å². The topological polar surface area (TPSA) is 56.0 Å². The first-order valence-corrected chi connectivity index (χ1v) is 4.60. The highest BCUT2D eigenvalue weighted by Crippen LogP contribution is 2.13. The third-order valence-electron chi connectivity index (χ3n) is 1.58. The lowest BCUT2D eigenvalue weighted by atomic mass is 10.1. The summed E-state index contributed by atoms with van der Waals surface area (Å²) in [7, 11) is 0. The molecule has 2 N–H and O–H groups in total. The SMILES string of the molecule is CC(C[CH]c1nccs1)C(N)=O. The van der Waals surface area contributed by atoms with Gasteiger partial charge < -0.3 is 5.73 Å². The Morgan fingerprint density at radius 2 is 2.67 bits per heavy atom. The van der Waals surface area contributed by atoms with E-state index in [1.165, 1.54) is 0 Å². The molecule has 0 spiro atoms. The first-order chi connectivity index (χ1) is 5.70. The molecule has 0 saturated carbocycles. The van der Waals surface area contributed by atoms with Crippen LogP contribution in [0.2, 0.25) is 0 Å². The van der Waals surface area contributed by atoms with Crippen molar-refractivity contribution in [3.05, 3.63) is 23.0 Å². The molecule has 4 heteroatoms. The molecule has 1 aromatic heterocycles. The Hall–Kier alpha value is -0.900. The van der Waals surface area contributed by atoms with E-state index in [-0.39, 0.29) is 11.8 Å². The average molecular weight is 183 g/mol. The fourth-order valence-corrected chi connectivity index (χ4v) is 1.30. The molecule has 12 heavy (non-hydrogen) atoms. The van der Waals surface area contributed by atoms with Crippen molar-refractivity contribution in [2.24, 2.45) is 11.7 Å². The molecule has 1 atom stereocenters. The third-order valence-corrected chi connectivity index (χ3v) is 2.35. The zero-order valence-corrected chi connectivity index (χ0v) is 7.67. The van der Waals surface area contributed by atoms with Gasteiger partial charge in [0.05, 0.1) is 5.01 Å². The van der Waals surface area contributed by atoms with Gasteiger partial charge in [0, 0.05) is 23.9 Å². The summed E-state index contributed by atoms with van der Waals surface area (Å²) < 4.78 is 0. The second-order valence-electron chi connectivity index (χ2n) is 2.61. The summed E-state index contributed by atoms with van der Waals surface area (Å²) in [6.45, 7) is 1.81. The monoisotopic (exact) mass is 183 g/mol. The number of carbonyl (C=O) groups excluding carboxylic acids is 1. The lowest BCUT2D eigenvalue weighted by Crippen LogP contribution is -2.20. The Kier molecular flexibility index (Phi) is 3.22. The average Bonchev–Trinajstić information content (AvgIpc) is 2.51. The van der Waals surface area contributed by atoms with Gasteiger partial charge in [-0.2, -0.15) is 0 Å². The molecule has 1 heterocycles. The summed E-state index contributed by atoms with van der Waals surface area (Å²) in [4.78, 5) is 14.7. The van der Waals surface area contributed by atoms with Crippen LogP contribution in [-0.4, -0.2) is 10.9 Å². The van der Waals surface area contributed by atoms with Crippen LogP contribution in [-0.2, 0) is 4.79 Å². The van der Waals surface area contributed by atoms with E-state index in [0.717, 1.165) is 5.01 Å². The van der Waals surface area contributed by atoms with E-state index in [9.17, 15) is 4.79 Å². The largest absolute Gasteiger partial charge is 0.369 e. The standard InChI is InChI=1S/C8H11N2OS/c1-6(8(9)11)2-3-7-10-4-5-12-7/h3-6H,2H2,1H3,(H2,9,11). The van der Waals surface area contributed by atoms with Crippen molar-refractivity contribution in [3.8, 4) is 0 Å². The van der Waals surface area contributed by atoms with Gasteiger partial charge in [0.2, 0.25) is 5.91 Å². The minimum absolute atomic E-state index is 0.103. The first kappa shape index (κ1) is 9.19. The molecule has 1 unspecified atom stereocenters. The van der Waals surface area contributed by atoms with Crippen molar-refractivity contribution in [2.75, 3.05) is 0 Å². The zero-order valence-electron chi connectivity index (χ0n) is 6.86. The molecule has 0 aliphatic rings. The van der Waals surface area contributed by atoms with Crippen LogP contribution >= 0.6 is 11.3 Å². The quantitative estimate of drug-likeness (QED) is 0.762. The van der Waals surface area contributed by atoms with Crippen LogP contribution in [0.4, 0.5) is 0 Å². The van der Waals surface area contributed by atoms with Crippen LogP contribution in [0.1, 0.15) is 18.4 Å². The summed E-state index contributed by atoms with van der Waals surface area (Å²) in [6.07, 6.45) is 4.34. The Bertz CT molecular complexity index is 246. The van der Waals surface area contributed by atoms with Gasteiger partial charge in [0.1, 0.15) is 0 Å². The normalized spacial score (nSPS) is 12.8. The Morgan fingerprint density at radius 1 is 1.92 bits per heavy atom. The van der Waals surface area contributed by atoms with Gasteiger partial charge in [0.25, 0.3) is 0 Å². The van der Waals surface area contributed by atoms with Crippen LogP contribution in [0.3, 0.4) is 0 Å². The maximum atomic E-state index is 10.6. The second-order valence-corrected chi connectivity index (χ2v) is 3.54. The van der Waals surface area contributed by atoms with Crippen molar-refractivity contribution in [2.45, 2.75) is 13.3 Å². The highest BCUT2D eigenvalue weighted by molar-refractivity contribution is 7.09. The van der Waals surface area contributed by atoms with Gasteiger partial charge >= 0.3 is 0 Å². The minimum atomic E-state index is -0.261. The summed E-state index contributed by atoms with van der Waals surface area (Å²) in [6, 6.07) is 0. The highest BCUT2D eigenvalue weighted by Gasteiger charge is 2.09. The Balaban J connectivity index is 2.31. The van der Waals surface area contributed by atoms with Gasteiger partial charge in [-0.1, -0.05) is 6.92 Å². The predicted octanol–water partition coefficient (Wildman–Crippen LogP) is 1.21. The number of amides is 1. The zero-order chi connectivity index (χ0) is 8.97. The van der Waals surface area contributed by atoms with Crippen LogP contribution in [0.5, 0.6) is 0 Å². The molecule has 0 bridgehead atoms. The van der Waals surface area contributed by atoms with Crippen LogP contribution in [0, 0.1) is 12.3 Å². The van der Waals surface area contributed by atoms with Gasteiger partial charge in [-0.25, -0.2) is 4.98 Å². The van der Waals surface area contributed by atoms with Crippen LogP contribution in [0.25, 0.3) is 0 Å². The van der Waals surface area contributed by atoms with E-state index >= 15 is 0 Å². The number of thiazole rings is 1. The Labute approximate surface area is 75.6 Å². The van der Waals surface area contributed by atoms with Crippen molar-refractivity contribution in [1.29, 1.82) is 0 Å². The molecule has 1 radical (unpaired) electrons. The lowest BCUT2D eigenvalue weighted by molar-refractivity contribution is -0.121. The van der Waals surface area contributed by atoms with E-state index in [2.05, 4.69) is 4.98 Å². The smallest absolute Gasteiger partial charge is 0.220 e. The van der Waals surface area contributed by atoms with Crippen molar-refractivity contribution in [1.82, 2.24) is 4.98 Å². The summed E-state index contributed by atoms with van der Waals surface area (Å²) >= 11 is 1.56. The molecular formula is C8H11N2OS. The summed E-state index contributed by atoms with van der Waals surface area (Å²) in [5.74, 6) is -0.364. The molecule has 0 fully saturated rings. The number of nitrogens with two attached hydrogens (primary N) is 1. The maximum Gasteiger partial charge on any atom is 0.220 e. The third kappa shape index (κ3) is 2.62. The number of rotatable bonds is 4. The molecule has 0 aliphatic heterocycles. The molecule has 3 nitrogen and oxygen atoms in total. The molecule has 0 aromatic carbocycles. The first-order valence-electron chi connectivity index (χ1n) is 3.72. The molecular weight excluding hydrogens is 172 g/mol. The van der Waals surface area contributed by atoms with E-state index in [4.69, 9.17) is 5.73 Å². The molecule has 1 amide bonds. The molecule has 1 aromatic rings. The number of aromatic nitrogens is 1. The van der Waals surface area contributed by atoms with E-state index in [0.29, 0.717) is 6.42 Å². The number of hydrogen-bond acceptors (Lipinski definition) is 3. The molecule has 1 rings (SSSR count). The highest BCUT2D eigenvalue weighted by atomic mass is 32.1. The fourth-order valence-electron chi connectivity index (χ4n) is 0.729. The molecule has 0 aliphatic carbocycles. The van der Waals surface area contributed by atoms with E-state index < -0.39 is 0 Å².